The van der Waals surface area contributed by atoms with Crippen LogP contribution in [0.25, 0.3) is 0 Å². The van der Waals surface area contributed by atoms with Crippen molar-refractivity contribution in [1.29, 1.82) is 0 Å². The van der Waals surface area contributed by atoms with Crippen molar-refractivity contribution >= 4 is 17.7 Å². The zero-order chi connectivity index (χ0) is 15.8. The number of hydrogen-bond acceptors (Lipinski definition) is 5. The van der Waals surface area contributed by atoms with Crippen molar-refractivity contribution in [2.75, 3.05) is 18.0 Å². The molecule has 0 amide bonds. The second-order valence-electron chi connectivity index (χ2n) is 6.60. The normalized spacial score (nSPS) is 20.1. The Morgan fingerprint density at radius 1 is 1.24 bits per heavy atom. The van der Waals surface area contributed by atoms with E-state index in [1.165, 1.54) is 6.07 Å². The number of hydrogen-bond donors (Lipinski definition) is 0. The summed E-state index contributed by atoms with van der Waals surface area (Å²) >= 11 is 0. The number of anilines is 1. The van der Waals surface area contributed by atoms with Gasteiger partial charge in [-0.2, -0.15) is 0 Å². The zero-order valence-electron chi connectivity index (χ0n) is 12.8. The first-order valence-electron chi connectivity index (χ1n) is 6.82. The smallest absolute Gasteiger partial charge is 0.280 e. The van der Waals surface area contributed by atoms with Gasteiger partial charge in [-0.1, -0.05) is 0 Å². The van der Waals surface area contributed by atoms with Gasteiger partial charge in [0, 0.05) is 24.8 Å². The fraction of sp³-hybridized carbons (Fsp3) is 0.533. The largest absolute Gasteiger partial charge is 0.366 e. The molecule has 1 aliphatic rings. The van der Waals surface area contributed by atoms with Crippen LogP contribution in [0, 0.1) is 10.1 Å². The van der Waals surface area contributed by atoms with Crippen LogP contribution in [0.15, 0.2) is 18.2 Å². The molecule has 6 heteroatoms. The van der Waals surface area contributed by atoms with E-state index in [-0.39, 0.29) is 22.5 Å². The maximum Gasteiger partial charge on any atom is 0.280 e. The molecule has 0 radical (unpaired) electrons. The molecule has 1 fully saturated rings. The molecule has 0 unspecified atom stereocenters. The van der Waals surface area contributed by atoms with E-state index < -0.39 is 4.92 Å². The van der Waals surface area contributed by atoms with Gasteiger partial charge in [-0.15, -0.1) is 0 Å². The van der Waals surface area contributed by atoms with E-state index in [1.54, 1.807) is 12.1 Å². The Hall–Kier alpha value is -1.95. The molecule has 1 saturated heterocycles. The van der Waals surface area contributed by atoms with Gasteiger partial charge in [0.25, 0.3) is 5.69 Å². The van der Waals surface area contributed by atoms with E-state index in [0.29, 0.717) is 19.4 Å². The first-order chi connectivity index (χ1) is 9.63. The molecule has 0 aromatic heterocycles. The van der Waals surface area contributed by atoms with Crippen molar-refractivity contribution in [3.63, 3.8) is 0 Å². The SMILES string of the molecule is CC1(C)CN(c2ccc([N+](=O)[O-])c(C=O)c2)CC(C)(C)O1. The molecule has 0 N–H and O–H groups in total. The Morgan fingerprint density at radius 2 is 1.81 bits per heavy atom. The van der Waals surface area contributed by atoms with Crippen LogP contribution in [0.4, 0.5) is 11.4 Å². The van der Waals surface area contributed by atoms with Crippen molar-refractivity contribution in [3.8, 4) is 0 Å². The van der Waals surface area contributed by atoms with Crippen molar-refractivity contribution in [1.82, 2.24) is 0 Å². The van der Waals surface area contributed by atoms with E-state index in [1.807, 2.05) is 27.7 Å². The first kappa shape index (κ1) is 15.4. The van der Waals surface area contributed by atoms with Crippen molar-refractivity contribution in [2.24, 2.45) is 0 Å². The van der Waals surface area contributed by atoms with E-state index in [9.17, 15) is 14.9 Å². The highest BCUT2D eigenvalue weighted by molar-refractivity contribution is 5.83. The Kier molecular flexibility index (Phi) is 3.76. The van der Waals surface area contributed by atoms with Crippen molar-refractivity contribution < 1.29 is 14.5 Å². The number of carbonyl (C=O) groups excluding carboxylic acids is 1. The van der Waals surface area contributed by atoms with E-state index in [4.69, 9.17) is 4.74 Å². The van der Waals surface area contributed by atoms with Crippen LogP contribution in [0.1, 0.15) is 38.1 Å². The molecular weight excluding hydrogens is 272 g/mol. The fourth-order valence-electron chi connectivity index (χ4n) is 2.97. The van der Waals surface area contributed by atoms with Crippen LogP contribution in [0.3, 0.4) is 0 Å². The highest BCUT2D eigenvalue weighted by Crippen LogP contribution is 2.33. The second kappa shape index (κ2) is 5.11. The maximum absolute atomic E-state index is 11.1. The maximum atomic E-state index is 11.1. The monoisotopic (exact) mass is 292 g/mol. The summed E-state index contributed by atoms with van der Waals surface area (Å²) in [5.41, 5.74) is 0.0720. The van der Waals surface area contributed by atoms with Gasteiger partial charge in [0.2, 0.25) is 0 Å². The zero-order valence-corrected chi connectivity index (χ0v) is 12.8. The van der Waals surface area contributed by atoms with Gasteiger partial charge in [-0.05, 0) is 39.8 Å². The minimum absolute atomic E-state index is 0.0969. The molecule has 0 spiro atoms. The fourth-order valence-corrected chi connectivity index (χ4v) is 2.97. The summed E-state index contributed by atoms with van der Waals surface area (Å²) in [6.07, 6.45) is 0.526. The third-order valence-electron chi connectivity index (χ3n) is 3.40. The molecule has 0 saturated carbocycles. The summed E-state index contributed by atoms with van der Waals surface area (Å²) in [7, 11) is 0. The lowest BCUT2D eigenvalue weighted by molar-refractivity contribution is -0.385. The molecule has 1 aromatic rings. The summed E-state index contributed by atoms with van der Waals surface area (Å²) in [6.45, 7) is 9.35. The van der Waals surface area contributed by atoms with Crippen molar-refractivity contribution in [2.45, 2.75) is 38.9 Å². The lowest BCUT2D eigenvalue weighted by atomic mass is 9.98. The number of morpholine rings is 1. The van der Waals surface area contributed by atoms with Gasteiger partial charge in [-0.3, -0.25) is 14.9 Å². The number of nitrogens with zero attached hydrogens (tertiary/aromatic N) is 2. The summed E-state index contributed by atoms with van der Waals surface area (Å²) in [5, 5.41) is 10.9. The third kappa shape index (κ3) is 3.39. The van der Waals surface area contributed by atoms with Crippen LogP contribution in [-0.2, 0) is 4.74 Å². The average molecular weight is 292 g/mol. The lowest BCUT2D eigenvalue weighted by Gasteiger charge is -2.48. The molecule has 1 heterocycles. The van der Waals surface area contributed by atoms with Gasteiger partial charge in [0.15, 0.2) is 6.29 Å². The van der Waals surface area contributed by atoms with Gasteiger partial charge >= 0.3 is 0 Å². The molecule has 0 bridgehead atoms. The van der Waals surface area contributed by atoms with Crippen LogP contribution < -0.4 is 4.90 Å². The molecule has 6 nitrogen and oxygen atoms in total. The van der Waals surface area contributed by atoms with Gasteiger partial charge in [0.05, 0.1) is 21.7 Å². The Morgan fingerprint density at radius 3 is 2.29 bits per heavy atom. The van der Waals surface area contributed by atoms with Crippen LogP contribution in [0.2, 0.25) is 0 Å². The predicted octanol–water partition coefficient (Wildman–Crippen LogP) is 2.80. The molecular formula is C15H20N2O4. The highest BCUT2D eigenvalue weighted by atomic mass is 16.6. The van der Waals surface area contributed by atoms with Gasteiger partial charge in [0.1, 0.15) is 0 Å². The molecule has 1 aliphatic heterocycles. The Bertz CT molecular complexity index is 565. The molecule has 0 aliphatic carbocycles. The molecule has 1 aromatic carbocycles. The molecule has 2 rings (SSSR count). The van der Waals surface area contributed by atoms with E-state index >= 15 is 0 Å². The summed E-state index contributed by atoms with van der Waals surface area (Å²) in [6, 6.07) is 4.64. The van der Waals surface area contributed by atoms with Crippen LogP contribution in [-0.4, -0.2) is 35.5 Å². The summed E-state index contributed by atoms with van der Waals surface area (Å²) in [4.78, 5) is 23.5. The third-order valence-corrected chi connectivity index (χ3v) is 3.40. The second-order valence-corrected chi connectivity index (χ2v) is 6.60. The predicted molar refractivity (Wildman–Crippen MR) is 79.9 cm³/mol. The first-order valence-corrected chi connectivity index (χ1v) is 6.82. The molecule has 21 heavy (non-hydrogen) atoms. The number of rotatable bonds is 3. The number of nitro benzene ring substituents is 1. The van der Waals surface area contributed by atoms with Crippen LogP contribution >= 0.6 is 0 Å². The summed E-state index contributed by atoms with van der Waals surface area (Å²) in [5.74, 6) is 0. The Balaban J connectivity index is 2.37. The average Bonchev–Trinajstić information content (AvgIpc) is 2.34. The van der Waals surface area contributed by atoms with Gasteiger partial charge < -0.3 is 9.64 Å². The number of carbonyl (C=O) groups is 1. The van der Waals surface area contributed by atoms with Crippen LogP contribution in [0.5, 0.6) is 0 Å². The minimum Gasteiger partial charge on any atom is -0.366 e. The Labute approximate surface area is 123 Å². The van der Waals surface area contributed by atoms with E-state index in [2.05, 4.69) is 4.90 Å². The lowest BCUT2D eigenvalue weighted by Crippen LogP contribution is -2.57. The quantitative estimate of drug-likeness (QED) is 0.486. The number of nitro groups is 1. The number of aldehydes is 1. The van der Waals surface area contributed by atoms with Crippen molar-refractivity contribution in [3.05, 3.63) is 33.9 Å². The van der Waals surface area contributed by atoms with Gasteiger partial charge in [-0.25, -0.2) is 0 Å². The standard InChI is InChI=1S/C15H20N2O4/c1-14(2)9-16(10-15(3,4)21-14)12-5-6-13(17(19)20)11(7-12)8-18/h5-8H,9-10H2,1-4H3. The number of ether oxygens (including phenoxy) is 1. The molecule has 0 atom stereocenters. The van der Waals surface area contributed by atoms with E-state index in [0.717, 1.165) is 5.69 Å². The minimum atomic E-state index is -0.541. The molecule has 114 valence electrons. The highest BCUT2D eigenvalue weighted by Gasteiger charge is 2.38. The number of benzene rings is 1. The topological polar surface area (TPSA) is 72.7 Å². The summed E-state index contributed by atoms with van der Waals surface area (Å²) < 4.78 is 6.01.